The number of carboxylic acids is 1. The summed E-state index contributed by atoms with van der Waals surface area (Å²) in [7, 11) is 0. The summed E-state index contributed by atoms with van der Waals surface area (Å²) in [4.78, 5) is 38.4. The molecule has 69 heavy (non-hydrogen) atoms. The molecule has 12 N–H and O–H groups in total. The molecule has 12 atom stereocenters. The fourth-order valence-corrected chi connectivity index (χ4v) is 13.9. The van der Waals surface area contributed by atoms with Crippen LogP contribution in [-0.2, 0) is 32.6 Å². The number of aliphatic hydroxyl groups excluding tert-OH is 6. The van der Waals surface area contributed by atoms with Crippen LogP contribution in [0.15, 0.2) is 78.8 Å². The summed E-state index contributed by atoms with van der Waals surface area (Å²) < 4.78 is 11.1. The Morgan fingerprint density at radius 1 is 0.928 bits per heavy atom. The van der Waals surface area contributed by atoms with Crippen molar-refractivity contribution < 1.29 is 75.2 Å². The van der Waals surface area contributed by atoms with E-state index in [4.69, 9.17) is 9.47 Å². The number of imidazole rings is 1. The fourth-order valence-electron chi connectivity index (χ4n) is 13.9. The van der Waals surface area contributed by atoms with Gasteiger partial charge in [0.1, 0.15) is 29.8 Å². The third-order valence-electron chi connectivity index (χ3n) is 16.5. The molecule has 1 aromatic heterocycles. The van der Waals surface area contributed by atoms with Gasteiger partial charge >= 0.3 is 11.9 Å². The molecule has 4 aromatic rings. The predicted octanol–water partition coefficient (Wildman–Crippen LogP) is 2.59. The number of ether oxygens (including phenoxy) is 2. The van der Waals surface area contributed by atoms with Gasteiger partial charge in [-0.05, 0) is 116 Å². The zero-order valence-corrected chi connectivity index (χ0v) is 37.6. The largest absolute Gasteiger partial charge is 0.508 e. The molecule has 0 bridgehead atoms. The zero-order chi connectivity index (χ0) is 48.8. The predicted molar refractivity (Wildman–Crippen MR) is 244 cm³/mol. The summed E-state index contributed by atoms with van der Waals surface area (Å²) >= 11 is 0. The highest BCUT2D eigenvalue weighted by Crippen LogP contribution is 2.78. The van der Waals surface area contributed by atoms with Gasteiger partial charge < -0.3 is 70.6 Å². The molecule has 0 spiro atoms. The number of H-pyrrole nitrogens is 1. The third kappa shape index (κ3) is 6.78. The van der Waals surface area contributed by atoms with E-state index in [2.05, 4.69) is 9.97 Å². The number of aliphatic hydroxyl groups is 7. The Morgan fingerprint density at radius 3 is 2.46 bits per heavy atom. The minimum absolute atomic E-state index is 0.00219. The topological polar surface area (TPSA) is 307 Å². The number of aromatic amines is 1. The van der Waals surface area contributed by atoms with E-state index in [1.807, 2.05) is 6.07 Å². The summed E-state index contributed by atoms with van der Waals surface area (Å²) in [5.74, 6) is -9.08. The average Bonchev–Trinajstić information content (AvgIpc) is 4.04. The number of carbonyl (C=O) groups is 2. The van der Waals surface area contributed by atoms with Gasteiger partial charge in [0.2, 0.25) is 0 Å². The Balaban J connectivity index is 1.21. The van der Waals surface area contributed by atoms with E-state index >= 15 is 4.79 Å². The molecule has 3 aromatic carbocycles. The maximum atomic E-state index is 15.4. The van der Waals surface area contributed by atoms with Crippen LogP contribution in [0.4, 0.5) is 5.69 Å². The van der Waals surface area contributed by atoms with E-state index in [1.165, 1.54) is 30.6 Å². The summed E-state index contributed by atoms with van der Waals surface area (Å²) in [6.07, 6.45) is 3.79. The Bertz CT molecular complexity index is 2730. The quantitative estimate of drug-likeness (QED) is 0.0584. The Hall–Kier alpha value is -5.83. The van der Waals surface area contributed by atoms with Crippen LogP contribution in [0.25, 0.3) is 6.08 Å². The SMILES string of the molecule is O=C(C=Cc1ccc(O)c(Cc2cnc[nH]2)c1)N1c2cc(OC3(O)OC(CO)C(O)C(O)C3O)c(O)cc2C2C1(C(=O)O)C=C1CC(CO)CCC12C12c3c(O)cccc3CCC1CCCC2CO. The van der Waals surface area contributed by atoms with E-state index in [0.29, 0.717) is 60.1 Å². The molecule has 2 saturated carbocycles. The lowest BCUT2D eigenvalue weighted by Crippen LogP contribution is -2.67. The molecule has 18 nitrogen and oxygen atoms in total. The van der Waals surface area contributed by atoms with Gasteiger partial charge in [-0.2, -0.15) is 0 Å². The molecule has 2 aliphatic heterocycles. The number of amides is 1. The van der Waals surface area contributed by atoms with Crippen LogP contribution in [0.5, 0.6) is 23.0 Å². The van der Waals surface area contributed by atoms with Crippen molar-refractivity contribution in [3.63, 3.8) is 0 Å². The van der Waals surface area contributed by atoms with Gasteiger partial charge in [-0.1, -0.05) is 30.2 Å². The number of carbonyl (C=O) groups excluding carboxylic acids is 1. The number of aryl methyl sites for hydroxylation is 1. The summed E-state index contributed by atoms with van der Waals surface area (Å²) in [6, 6.07) is 12.4. The maximum Gasteiger partial charge on any atom is 0.355 e. The number of benzene rings is 3. The number of rotatable bonds is 11. The summed E-state index contributed by atoms with van der Waals surface area (Å²) in [5, 5.41) is 123. The number of anilines is 1. The lowest BCUT2D eigenvalue weighted by Gasteiger charge is -2.66. The van der Waals surface area contributed by atoms with E-state index in [0.717, 1.165) is 23.0 Å². The summed E-state index contributed by atoms with van der Waals surface area (Å²) in [5.41, 5.74) is -0.813. The van der Waals surface area contributed by atoms with Crippen LogP contribution < -0.4 is 9.64 Å². The first-order chi connectivity index (χ1) is 33.1. The van der Waals surface area contributed by atoms with Gasteiger partial charge in [-0.15, -0.1) is 0 Å². The third-order valence-corrected chi connectivity index (χ3v) is 16.5. The molecular formula is C51H57N3O15. The van der Waals surface area contributed by atoms with Gasteiger partial charge in [0.05, 0.1) is 18.6 Å². The molecule has 1 amide bonds. The fraction of sp³-hybridized carbons (Fsp3) is 0.471. The highest BCUT2D eigenvalue weighted by Gasteiger charge is 2.78. The first-order valence-corrected chi connectivity index (χ1v) is 23.5. The van der Waals surface area contributed by atoms with Crippen LogP contribution in [0.2, 0.25) is 0 Å². The summed E-state index contributed by atoms with van der Waals surface area (Å²) in [6.45, 7) is -1.45. The van der Waals surface area contributed by atoms with E-state index in [1.54, 1.807) is 36.5 Å². The second-order valence-electron chi connectivity index (χ2n) is 19.7. The standard InChI is InChI=1S/C51H57N3O15/c55-22-27-13-14-48(50-30(4-2-5-31(50)23-56)10-9-28-3-1-6-37(59)42(28)50)32(16-27)20-49(47(65)66)45(48)34-18-38(60)39(68-51(67)46(64)44(63)43(62)40(24-57)69-51)19-35(34)54(49)41(61)12-8-26-7-11-36(58)29(15-26)17-33-21-52-25-53-33/h1,3,6-8,11-12,15,18-21,25,27,30-31,40,43-46,55-60,62-64,67H,2,4-5,9-10,13-14,16-17,22-24H2,(H,52,53)(H,65,66). The Labute approximate surface area is 396 Å². The number of nitrogens with zero attached hydrogens (tertiary/aromatic N) is 2. The van der Waals surface area contributed by atoms with Gasteiger partial charge in [-0.25, -0.2) is 9.78 Å². The highest BCUT2D eigenvalue weighted by atomic mass is 16.8. The molecule has 3 heterocycles. The number of aliphatic carboxylic acids is 1. The smallest absolute Gasteiger partial charge is 0.355 e. The van der Waals surface area contributed by atoms with Gasteiger partial charge in [0, 0.05) is 71.5 Å². The van der Waals surface area contributed by atoms with Crippen molar-refractivity contribution in [2.75, 3.05) is 24.7 Å². The number of allylic oxidation sites excluding steroid dienone is 1. The molecule has 3 fully saturated rings. The molecule has 1 saturated heterocycles. The number of phenolic OH excluding ortho intramolecular Hbond substituents is 3. The minimum atomic E-state index is -3.21. The number of aromatic hydroxyl groups is 3. The van der Waals surface area contributed by atoms with Crippen LogP contribution in [-0.4, -0.2) is 134 Å². The lowest BCUT2D eigenvalue weighted by atomic mass is 9.37. The Kier molecular flexibility index (Phi) is 11.7. The van der Waals surface area contributed by atoms with Gasteiger partial charge in [0.15, 0.2) is 23.1 Å². The highest BCUT2D eigenvalue weighted by molar-refractivity contribution is 6.13. The molecule has 18 heteroatoms. The van der Waals surface area contributed by atoms with Crippen molar-refractivity contribution in [2.24, 2.45) is 23.2 Å². The molecule has 0 radical (unpaired) electrons. The van der Waals surface area contributed by atoms with Crippen LogP contribution in [0, 0.1) is 23.2 Å². The Morgan fingerprint density at radius 2 is 1.74 bits per heavy atom. The monoisotopic (exact) mass is 951 g/mol. The molecule has 6 aliphatic rings. The number of phenols is 3. The lowest BCUT2D eigenvalue weighted by molar-refractivity contribution is -0.422. The second kappa shape index (κ2) is 17.2. The van der Waals surface area contributed by atoms with Crippen molar-refractivity contribution in [3.05, 3.63) is 112 Å². The maximum absolute atomic E-state index is 15.4. The molecule has 12 unspecified atom stereocenters. The van der Waals surface area contributed by atoms with E-state index in [9.17, 15) is 61.0 Å². The zero-order valence-electron chi connectivity index (χ0n) is 37.6. The van der Waals surface area contributed by atoms with Crippen molar-refractivity contribution in [1.29, 1.82) is 0 Å². The molecule has 366 valence electrons. The van der Waals surface area contributed by atoms with Crippen molar-refractivity contribution >= 4 is 23.6 Å². The number of nitrogens with one attached hydrogen (secondary N) is 1. The second-order valence-corrected chi connectivity index (χ2v) is 19.7. The van der Waals surface area contributed by atoms with Crippen LogP contribution in [0.3, 0.4) is 0 Å². The van der Waals surface area contributed by atoms with Gasteiger partial charge in [0.25, 0.3) is 5.91 Å². The first-order valence-electron chi connectivity index (χ1n) is 23.5. The number of hydrogen-bond acceptors (Lipinski definition) is 15. The molecule has 10 rings (SSSR count). The number of aromatic nitrogens is 2. The molecular weight excluding hydrogens is 895 g/mol. The minimum Gasteiger partial charge on any atom is -0.508 e. The average molecular weight is 952 g/mol. The number of hydrogen-bond donors (Lipinski definition) is 12. The van der Waals surface area contributed by atoms with Crippen LogP contribution >= 0.6 is 0 Å². The van der Waals surface area contributed by atoms with Crippen LogP contribution in [0.1, 0.15) is 84.4 Å². The van der Waals surface area contributed by atoms with Gasteiger partial charge in [-0.3, -0.25) is 9.69 Å². The normalized spacial score (nSPS) is 34.6. The molecule has 4 aliphatic carbocycles. The van der Waals surface area contributed by atoms with Crippen molar-refractivity contribution in [2.45, 2.75) is 105 Å². The van der Waals surface area contributed by atoms with Crippen molar-refractivity contribution in [1.82, 2.24) is 9.97 Å². The number of fused-ring (bicyclic) bond motifs is 9. The first kappa shape index (κ1) is 46.9. The van der Waals surface area contributed by atoms with Crippen molar-refractivity contribution in [3.8, 4) is 23.0 Å². The van der Waals surface area contributed by atoms with E-state index < -0.39 is 88.6 Å². The van der Waals surface area contributed by atoms with E-state index in [-0.39, 0.29) is 67.1 Å². The number of carboxylic acid groups (broad SMARTS) is 1.